The molecule has 0 atom stereocenters. The highest BCUT2D eigenvalue weighted by Gasteiger charge is 2.17. The van der Waals surface area contributed by atoms with Gasteiger partial charge in [-0.05, 0) is 43.7 Å². The Hall–Kier alpha value is -2.22. The molecule has 4 aromatic heterocycles. The molecule has 0 bridgehead atoms. The van der Waals surface area contributed by atoms with Gasteiger partial charge in [0.15, 0.2) is 0 Å². The largest absolute Gasteiger partial charge is 0.346 e. The third-order valence-electron chi connectivity index (χ3n) is 3.88. The van der Waals surface area contributed by atoms with Crippen LogP contribution in [0.4, 0.5) is 0 Å². The number of carbonyl (C=O) groups excluding carboxylic acids is 1. The zero-order valence-electron chi connectivity index (χ0n) is 14.1. The highest BCUT2D eigenvalue weighted by Crippen LogP contribution is 2.34. The SMILES string of the molecule is Cc1ccn2cc(CNC(=O)c3sc(-c4ccc(Cl)s4)nc3C)nc2c1. The van der Waals surface area contributed by atoms with Gasteiger partial charge in [0.1, 0.15) is 15.5 Å². The van der Waals surface area contributed by atoms with Crippen molar-refractivity contribution in [1.29, 1.82) is 0 Å². The van der Waals surface area contributed by atoms with Crippen LogP contribution < -0.4 is 5.32 Å². The summed E-state index contributed by atoms with van der Waals surface area (Å²) in [6.07, 6.45) is 3.89. The van der Waals surface area contributed by atoms with Crippen molar-refractivity contribution in [3.05, 3.63) is 62.8 Å². The third kappa shape index (κ3) is 3.38. The van der Waals surface area contributed by atoms with Gasteiger partial charge in [0.2, 0.25) is 0 Å². The summed E-state index contributed by atoms with van der Waals surface area (Å²) in [5.41, 5.74) is 3.56. The van der Waals surface area contributed by atoms with Crippen molar-refractivity contribution in [2.75, 3.05) is 0 Å². The summed E-state index contributed by atoms with van der Waals surface area (Å²) in [7, 11) is 0. The summed E-state index contributed by atoms with van der Waals surface area (Å²) < 4.78 is 2.66. The number of imidazole rings is 1. The highest BCUT2D eigenvalue weighted by molar-refractivity contribution is 7.24. The number of hydrogen-bond donors (Lipinski definition) is 1. The Morgan fingerprint density at radius 1 is 1.23 bits per heavy atom. The number of fused-ring (bicyclic) bond motifs is 1. The number of hydrogen-bond acceptors (Lipinski definition) is 5. The minimum Gasteiger partial charge on any atom is -0.346 e. The van der Waals surface area contributed by atoms with Crippen LogP contribution in [0.15, 0.2) is 36.7 Å². The molecule has 0 fully saturated rings. The van der Waals surface area contributed by atoms with Gasteiger partial charge in [-0.1, -0.05) is 11.6 Å². The smallest absolute Gasteiger partial charge is 0.263 e. The molecule has 1 amide bonds. The molecule has 0 saturated carbocycles. The van der Waals surface area contributed by atoms with E-state index in [4.69, 9.17) is 11.6 Å². The predicted molar refractivity (Wildman–Crippen MR) is 106 cm³/mol. The van der Waals surface area contributed by atoms with Crippen molar-refractivity contribution < 1.29 is 4.79 Å². The molecule has 5 nitrogen and oxygen atoms in total. The van der Waals surface area contributed by atoms with Crippen LogP contribution in [-0.2, 0) is 6.54 Å². The first-order valence-corrected chi connectivity index (χ1v) is 9.96. The molecule has 0 aliphatic carbocycles. The van der Waals surface area contributed by atoms with E-state index in [1.54, 1.807) is 0 Å². The molecule has 0 aliphatic heterocycles. The lowest BCUT2D eigenvalue weighted by atomic mass is 10.3. The zero-order valence-corrected chi connectivity index (χ0v) is 16.5. The molecule has 1 N–H and O–H groups in total. The number of rotatable bonds is 4. The first-order valence-electron chi connectivity index (χ1n) is 7.95. The maximum absolute atomic E-state index is 12.6. The fraction of sp³-hybridized carbons (Fsp3) is 0.167. The van der Waals surface area contributed by atoms with Gasteiger partial charge >= 0.3 is 0 Å². The number of aromatic nitrogens is 3. The van der Waals surface area contributed by atoms with Gasteiger partial charge in [-0.3, -0.25) is 4.79 Å². The second-order valence-electron chi connectivity index (χ2n) is 5.92. The summed E-state index contributed by atoms with van der Waals surface area (Å²) >= 11 is 8.82. The summed E-state index contributed by atoms with van der Waals surface area (Å²) in [6.45, 7) is 4.25. The van der Waals surface area contributed by atoms with E-state index in [0.29, 0.717) is 15.8 Å². The quantitative estimate of drug-likeness (QED) is 0.537. The molecule has 8 heteroatoms. The average molecular weight is 403 g/mol. The lowest BCUT2D eigenvalue weighted by Gasteiger charge is -2.00. The van der Waals surface area contributed by atoms with Crippen molar-refractivity contribution in [2.24, 2.45) is 0 Å². The Labute approximate surface area is 163 Å². The standard InChI is InChI=1S/C18H15ClN4OS2/c1-10-5-6-23-9-12(22-15(23)7-10)8-20-17(24)16-11(2)21-18(26-16)13-3-4-14(19)25-13/h3-7,9H,8H2,1-2H3,(H,20,24). The van der Waals surface area contributed by atoms with Crippen molar-refractivity contribution in [3.63, 3.8) is 0 Å². The number of amides is 1. The molecule has 0 unspecified atom stereocenters. The van der Waals surface area contributed by atoms with Crippen LogP contribution >= 0.6 is 34.3 Å². The van der Waals surface area contributed by atoms with Gasteiger partial charge in [0.05, 0.1) is 27.1 Å². The van der Waals surface area contributed by atoms with Gasteiger partial charge in [-0.15, -0.1) is 22.7 Å². The highest BCUT2D eigenvalue weighted by atomic mass is 35.5. The van der Waals surface area contributed by atoms with E-state index < -0.39 is 0 Å². The van der Waals surface area contributed by atoms with Crippen LogP contribution in [-0.4, -0.2) is 20.3 Å². The summed E-state index contributed by atoms with van der Waals surface area (Å²) in [6, 6.07) is 7.79. The third-order valence-corrected chi connectivity index (χ3v) is 6.44. The Bertz CT molecular complexity index is 1110. The number of thiazole rings is 1. The Kier molecular flexibility index (Phi) is 4.52. The number of pyridine rings is 1. The van der Waals surface area contributed by atoms with Gasteiger partial charge in [0, 0.05) is 12.4 Å². The number of aryl methyl sites for hydroxylation is 2. The molecule has 0 saturated heterocycles. The van der Waals surface area contributed by atoms with Crippen LogP contribution in [0.25, 0.3) is 15.5 Å². The number of nitrogens with zero attached hydrogens (tertiary/aromatic N) is 3. The van der Waals surface area contributed by atoms with Crippen LogP contribution in [0, 0.1) is 13.8 Å². The Morgan fingerprint density at radius 2 is 2.08 bits per heavy atom. The fourth-order valence-corrected chi connectivity index (χ4v) is 4.69. The van der Waals surface area contributed by atoms with Crippen LogP contribution in [0.3, 0.4) is 0 Å². The number of halogens is 1. The average Bonchev–Trinajstić information content (AvgIpc) is 3.30. The second kappa shape index (κ2) is 6.83. The fourth-order valence-electron chi connectivity index (χ4n) is 2.61. The van der Waals surface area contributed by atoms with Crippen LogP contribution in [0.5, 0.6) is 0 Å². The molecule has 4 aromatic rings. The van der Waals surface area contributed by atoms with E-state index in [1.807, 2.05) is 54.9 Å². The molecule has 26 heavy (non-hydrogen) atoms. The molecular formula is C18H15ClN4OS2. The van der Waals surface area contributed by atoms with Crippen LogP contribution in [0.2, 0.25) is 4.34 Å². The van der Waals surface area contributed by atoms with E-state index in [2.05, 4.69) is 15.3 Å². The number of carbonyl (C=O) groups is 1. The van der Waals surface area contributed by atoms with E-state index in [1.165, 1.54) is 22.7 Å². The topological polar surface area (TPSA) is 59.3 Å². The maximum Gasteiger partial charge on any atom is 0.263 e. The predicted octanol–water partition coefficient (Wildman–Crippen LogP) is 4.72. The molecule has 0 radical (unpaired) electrons. The maximum atomic E-state index is 12.6. The minimum absolute atomic E-state index is 0.137. The first kappa shape index (κ1) is 17.2. The molecular weight excluding hydrogens is 388 g/mol. The molecule has 132 valence electrons. The van der Waals surface area contributed by atoms with Crippen LogP contribution in [0.1, 0.15) is 26.6 Å². The molecule has 0 aliphatic rings. The lowest BCUT2D eigenvalue weighted by molar-refractivity contribution is 0.0953. The van der Waals surface area contributed by atoms with E-state index >= 15 is 0 Å². The van der Waals surface area contributed by atoms with Crippen molar-refractivity contribution in [3.8, 4) is 9.88 Å². The number of thiophene rings is 1. The van der Waals surface area contributed by atoms with Gasteiger partial charge in [-0.2, -0.15) is 0 Å². The van der Waals surface area contributed by atoms with Gasteiger partial charge in [-0.25, -0.2) is 9.97 Å². The lowest BCUT2D eigenvalue weighted by Crippen LogP contribution is -2.22. The summed E-state index contributed by atoms with van der Waals surface area (Å²) in [4.78, 5) is 23.2. The van der Waals surface area contributed by atoms with Crippen molar-refractivity contribution >= 4 is 45.8 Å². The van der Waals surface area contributed by atoms with E-state index in [0.717, 1.165) is 32.5 Å². The van der Waals surface area contributed by atoms with E-state index in [-0.39, 0.29) is 5.91 Å². The minimum atomic E-state index is -0.137. The zero-order chi connectivity index (χ0) is 18.3. The Balaban J connectivity index is 1.50. The molecule has 0 spiro atoms. The molecule has 4 heterocycles. The number of nitrogens with one attached hydrogen (secondary N) is 1. The van der Waals surface area contributed by atoms with Gasteiger partial charge in [0.25, 0.3) is 5.91 Å². The molecule has 0 aromatic carbocycles. The monoisotopic (exact) mass is 402 g/mol. The van der Waals surface area contributed by atoms with Crippen molar-refractivity contribution in [1.82, 2.24) is 19.7 Å². The normalized spacial score (nSPS) is 11.2. The summed E-state index contributed by atoms with van der Waals surface area (Å²) in [5.74, 6) is -0.137. The second-order valence-corrected chi connectivity index (χ2v) is 8.64. The van der Waals surface area contributed by atoms with Crippen molar-refractivity contribution in [2.45, 2.75) is 20.4 Å². The molecule has 4 rings (SSSR count). The first-order chi connectivity index (χ1) is 12.5. The van der Waals surface area contributed by atoms with Gasteiger partial charge < -0.3 is 9.72 Å². The summed E-state index contributed by atoms with van der Waals surface area (Å²) in [5, 5.41) is 3.75. The Morgan fingerprint density at radius 3 is 2.85 bits per heavy atom. The van der Waals surface area contributed by atoms with E-state index in [9.17, 15) is 4.79 Å².